The Morgan fingerprint density at radius 3 is 1.46 bits per heavy atom. The van der Waals surface area contributed by atoms with E-state index < -0.39 is 0 Å². The van der Waals surface area contributed by atoms with Gasteiger partial charge in [-0.2, -0.15) is 0 Å². The summed E-state index contributed by atoms with van der Waals surface area (Å²) in [6, 6.07) is 5.73. The minimum Gasteiger partial charge on any atom is -0.294 e. The Hall–Kier alpha value is -0.0800. The SMILES string of the molecule is C1CCC(C2CCC3C4C5C6CCCCC6N(C6CCC7CCCCC7C6)C5CCC4N(C4CCC(C5CCCC6CCCCC65)CC4)C3C2)CC1. The van der Waals surface area contributed by atoms with Crippen LogP contribution in [0.25, 0.3) is 0 Å². The number of hydrogen-bond acceptors (Lipinski definition) is 2. The zero-order chi connectivity index (χ0) is 34.2. The number of fused-ring (bicyclic) bond motifs is 9. The minimum atomic E-state index is 0.937. The van der Waals surface area contributed by atoms with Crippen molar-refractivity contribution in [1.29, 1.82) is 0 Å². The first-order chi connectivity index (χ1) is 25.8. The molecule has 292 valence electrons. The molecule has 15 atom stereocenters. The van der Waals surface area contributed by atoms with Crippen molar-refractivity contribution in [3.05, 3.63) is 0 Å². The maximum atomic E-state index is 3.48. The van der Waals surface area contributed by atoms with Gasteiger partial charge in [0.05, 0.1) is 0 Å². The van der Waals surface area contributed by atoms with Gasteiger partial charge < -0.3 is 0 Å². The number of nitrogens with zero attached hydrogens (tertiary/aromatic N) is 2. The number of likely N-dealkylation sites (tertiary alicyclic amines) is 2. The van der Waals surface area contributed by atoms with Crippen LogP contribution in [0.3, 0.4) is 0 Å². The molecule has 2 heteroatoms. The minimum absolute atomic E-state index is 0.937. The van der Waals surface area contributed by atoms with Gasteiger partial charge in [-0.1, -0.05) is 103 Å². The Kier molecular flexibility index (Phi) is 10.1. The summed E-state index contributed by atoms with van der Waals surface area (Å²) in [7, 11) is 0. The summed E-state index contributed by atoms with van der Waals surface area (Å²) in [6.07, 6.45) is 50.4. The molecule has 2 heterocycles. The van der Waals surface area contributed by atoms with E-state index in [9.17, 15) is 0 Å². The molecule has 0 N–H and O–H groups in total. The van der Waals surface area contributed by atoms with E-state index in [-0.39, 0.29) is 0 Å². The highest BCUT2D eigenvalue weighted by Gasteiger charge is 2.64. The maximum absolute atomic E-state index is 3.48. The van der Waals surface area contributed by atoms with E-state index in [0.29, 0.717) is 0 Å². The Morgan fingerprint density at radius 1 is 0.231 bits per heavy atom. The van der Waals surface area contributed by atoms with Crippen LogP contribution < -0.4 is 0 Å². The van der Waals surface area contributed by atoms with Gasteiger partial charge in [0.15, 0.2) is 0 Å². The predicted octanol–water partition coefficient (Wildman–Crippen LogP) is 12.8. The summed E-state index contributed by atoms with van der Waals surface area (Å²) < 4.78 is 0. The Morgan fingerprint density at radius 2 is 0.692 bits per heavy atom. The fourth-order valence-electron chi connectivity index (χ4n) is 19.2. The molecule has 0 amide bonds. The summed E-state index contributed by atoms with van der Waals surface area (Å²) in [5.41, 5.74) is 0. The summed E-state index contributed by atoms with van der Waals surface area (Å²) in [5, 5.41) is 0. The highest BCUT2D eigenvalue weighted by Crippen LogP contribution is 2.63. The molecule has 0 aromatic carbocycles. The molecule has 0 radical (unpaired) electrons. The summed E-state index contributed by atoms with van der Waals surface area (Å²) in [6.45, 7) is 0. The van der Waals surface area contributed by atoms with Crippen molar-refractivity contribution in [2.75, 3.05) is 0 Å². The molecule has 52 heavy (non-hydrogen) atoms. The van der Waals surface area contributed by atoms with Crippen molar-refractivity contribution in [3.8, 4) is 0 Å². The van der Waals surface area contributed by atoms with Crippen LogP contribution in [0.2, 0.25) is 0 Å². The van der Waals surface area contributed by atoms with E-state index in [1.807, 2.05) is 0 Å². The molecular formula is C50H82N2. The second-order valence-corrected chi connectivity index (χ2v) is 22.6. The third kappa shape index (κ3) is 6.10. The van der Waals surface area contributed by atoms with Gasteiger partial charge in [0.25, 0.3) is 0 Å². The Balaban J connectivity index is 0.863. The molecule has 0 aromatic rings. The standard InChI is InChI=1S/C50H82N2/c1-2-11-33(12-3-1)38-24-28-44-48(32-38)51(39-25-22-36(23-26-39)42-19-10-16-35-14-6-7-17-41(35)42)46-29-30-47-49(50(44)46)43-18-8-9-20-45(43)52(47)40-27-21-34-13-4-5-15-37(34)31-40/h33-50H,1-32H2. The van der Waals surface area contributed by atoms with E-state index in [4.69, 9.17) is 0 Å². The first-order valence-corrected chi connectivity index (χ1v) is 25.3. The fourth-order valence-corrected chi connectivity index (χ4v) is 19.2. The van der Waals surface area contributed by atoms with Gasteiger partial charge >= 0.3 is 0 Å². The van der Waals surface area contributed by atoms with Gasteiger partial charge in [-0.05, 0) is 174 Å². The molecule has 0 aromatic heterocycles. The van der Waals surface area contributed by atoms with E-state index >= 15 is 0 Å². The second kappa shape index (κ2) is 15.0. The lowest BCUT2D eigenvalue weighted by atomic mass is 9.60. The van der Waals surface area contributed by atoms with Crippen molar-refractivity contribution >= 4 is 0 Å². The van der Waals surface area contributed by atoms with Crippen LogP contribution in [-0.2, 0) is 0 Å². The molecule has 9 aliphatic carbocycles. The van der Waals surface area contributed by atoms with Crippen molar-refractivity contribution in [2.24, 2.45) is 71.0 Å². The molecule has 11 rings (SSSR count). The molecule has 2 aliphatic heterocycles. The van der Waals surface area contributed by atoms with Crippen LogP contribution in [0.15, 0.2) is 0 Å². The molecule has 2 saturated heterocycles. The van der Waals surface area contributed by atoms with Crippen LogP contribution in [0.4, 0.5) is 0 Å². The van der Waals surface area contributed by atoms with E-state index in [1.54, 1.807) is 186 Å². The monoisotopic (exact) mass is 711 g/mol. The average molecular weight is 711 g/mol. The molecule has 11 fully saturated rings. The van der Waals surface area contributed by atoms with Gasteiger partial charge in [0, 0.05) is 36.3 Å². The summed E-state index contributed by atoms with van der Waals surface area (Å²) >= 11 is 0. The third-order valence-corrected chi connectivity index (χ3v) is 21.0. The van der Waals surface area contributed by atoms with E-state index in [2.05, 4.69) is 9.80 Å². The lowest BCUT2D eigenvalue weighted by molar-refractivity contribution is -0.00687. The lowest BCUT2D eigenvalue weighted by Gasteiger charge is -2.50. The first kappa shape index (κ1) is 35.1. The molecule has 15 unspecified atom stereocenters. The average Bonchev–Trinajstić information content (AvgIpc) is 3.73. The first-order valence-electron chi connectivity index (χ1n) is 25.3. The third-order valence-electron chi connectivity index (χ3n) is 21.0. The fraction of sp³-hybridized carbons (Fsp3) is 1.00. The molecule has 0 spiro atoms. The number of hydrogen-bond donors (Lipinski definition) is 0. The van der Waals surface area contributed by atoms with Gasteiger partial charge in [0.1, 0.15) is 0 Å². The molecule has 2 nitrogen and oxygen atoms in total. The van der Waals surface area contributed by atoms with Gasteiger partial charge in [0.2, 0.25) is 0 Å². The molecule has 0 bridgehead atoms. The van der Waals surface area contributed by atoms with E-state index in [1.165, 1.54) is 19.3 Å². The smallest absolute Gasteiger partial charge is 0.0137 e. The van der Waals surface area contributed by atoms with Crippen molar-refractivity contribution in [1.82, 2.24) is 9.80 Å². The quantitative estimate of drug-likeness (QED) is 0.287. The zero-order valence-corrected chi connectivity index (χ0v) is 33.9. The maximum Gasteiger partial charge on any atom is 0.0137 e. The van der Waals surface area contributed by atoms with Gasteiger partial charge in [-0.15, -0.1) is 0 Å². The normalized spacial score (nSPS) is 53.2. The lowest BCUT2D eigenvalue weighted by Crippen LogP contribution is -2.54. The van der Waals surface area contributed by atoms with Crippen molar-refractivity contribution < 1.29 is 0 Å². The number of rotatable bonds is 4. The molecule has 9 saturated carbocycles. The highest BCUT2D eigenvalue weighted by molar-refractivity contribution is 5.17. The molecular weight excluding hydrogens is 629 g/mol. The van der Waals surface area contributed by atoms with Gasteiger partial charge in [-0.25, -0.2) is 0 Å². The van der Waals surface area contributed by atoms with Crippen LogP contribution in [0.5, 0.6) is 0 Å². The van der Waals surface area contributed by atoms with Crippen LogP contribution in [0.1, 0.15) is 205 Å². The van der Waals surface area contributed by atoms with Crippen LogP contribution in [0, 0.1) is 71.0 Å². The Bertz CT molecular complexity index is 1200. The zero-order valence-electron chi connectivity index (χ0n) is 33.9. The van der Waals surface area contributed by atoms with Crippen molar-refractivity contribution in [2.45, 2.75) is 242 Å². The topological polar surface area (TPSA) is 6.48 Å². The summed E-state index contributed by atoms with van der Waals surface area (Å²) in [5.74, 6) is 13.0. The van der Waals surface area contributed by atoms with Crippen molar-refractivity contribution in [3.63, 3.8) is 0 Å². The predicted molar refractivity (Wildman–Crippen MR) is 216 cm³/mol. The molecule has 11 aliphatic rings. The Labute approximate surface area is 321 Å². The van der Waals surface area contributed by atoms with Crippen LogP contribution in [-0.4, -0.2) is 46.1 Å². The highest BCUT2D eigenvalue weighted by atomic mass is 15.3. The largest absolute Gasteiger partial charge is 0.294 e. The van der Waals surface area contributed by atoms with Gasteiger partial charge in [-0.3, -0.25) is 9.80 Å². The van der Waals surface area contributed by atoms with E-state index in [0.717, 1.165) is 107 Å². The second-order valence-electron chi connectivity index (χ2n) is 22.6. The van der Waals surface area contributed by atoms with Crippen LogP contribution >= 0.6 is 0 Å². The summed E-state index contributed by atoms with van der Waals surface area (Å²) in [4.78, 5) is 6.89.